The second-order valence-corrected chi connectivity index (χ2v) is 5.94. The lowest BCUT2D eigenvalue weighted by Crippen LogP contribution is -2.17. The van der Waals surface area contributed by atoms with Gasteiger partial charge >= 0.3 is 0 Å². The summed E-state index contributed by atoms with van der Waals surface area (Å²) in [7, 11) is -1.56. The molecule has 1 aromatic carbocycles. The first-order valence-electron chi connectivity index (χ1n) is 6.55. The fourth-order valence-electron chi connectivity index (χ4n) is 2.41. The molecule has 0 saturated heterocycles. The lowest BCUT2D eigenvalue weighted by molar-refractivity contribution is -0.114. The molecule has 0 fully saturated rings. The van der Waals surface area contributed by atoms with Crippen molar-refractivity contribution in [1.82, 2.24) is 19.5 Å². The molecule has 22 heavy (non-hydrogen) atoms. The van der Waals surface area contributed by atoms with Crippen molar-refractivity contribution in [3.8, 4) is 11.1 Å². The number of carbonyl (C=O) groups excluding carboxylic acids is 1. The SMILES string of the molecule is O=C1C=C(n2ncc3cc(-c4ccncc4)ccc32)S(=O)N1. The summed E-state index contributed by atoms with van der Waals surface area (Å²) in [5, 5.41) is 5.50. The Labute approximate surface area is 128 Å². The van der Waals surface area contributed by atoms with Crippen LogP contribution in [0.25, 0.3) is 27.1 Å². The third kappa shape index (κ3) is 2.03. The van der Waals surface area contributed by atoms with Gasteiger partial charge in [0, 0.05) is 23.9 Å². The van der Waals surface area contributed by atoms with Crippen molar-refractivity contribution in [2.45, 2.75) is 0 Å². The Hall–Kier alpha value is -2.80. The van der Waals surface area contributed by atoms with Crippen LogP contribution in [-0.2, 0) is 15.8 Å². The zero-order chi connectivity index (χ0) is 15.1. The zero-order valence-corrected chi connectivity index (χ0v) is 12.1. The van der Waals surface area contributed by atoms with Gasteiger partial charge in [0.2, 0.25) is 0 Å². The number of pyridine rings is 1. The van der Waals surface area contributed by atoms with E-state index < -0.39 is 11.0 Å². The summed E-state index contributed by atoms with van der Waals surface area (Å²) in [4.78, 5) is 15.3. The summed E-state index contributed by atoms with van der Waals surface area (Å²) in [6, 6.07) is 9.73. The highest BCUT2D eigenvalue weighted by Crippen LogP contribution is 2.26. The Balaban J connectivity index is 1.83. The van der Waals surface area contributed by atoms with Gasteiger partial charge in [-0.05, 0) is 35.4 Å². The molecule has 0 aliphatic carbocycles. The average Bonchev–Trinajstić information content (AvgIpc) is 3.10. The predicted molar refractivity (Wildman–Crippen MR) is 83.5 cm³/mol. The van der Waals surface area contributed by atoms with Crippen LogP contribution in [-0.4, -0.2) is 24.9 Å². The number of rotatable bonds is 2. The van der Waals surface area contributed by atoms with Crippen LogP contribution >= 0.6 is 0 Å². The van der Waals surface area contributed by atoms with Crippen molar-refractivity contribution in [3.63, 3.8) is 0 Å². The molecule has 1 atom stereocenters. The number of hydrogen-bond acceptors (Lipinski definition) is 4. The smallest absolute Gasteiger partial charge is 0.258 e. The fraction of sp³-hybridized carbons (Fsp3) is 0. The minimum Gasteiger partial charge on any atom is -0.269 e. The lowest BCUT2D eigenvalue weighted by Gasteiger charge is -2.04. The molecule has 1 amide bonds. The number of fused-ring (bicyclic) bond motifs is 1. The number of carbonyl (C=O) groups is 1. The molecule has 0 radical (unpaired) electrons. The highest BCUT2D eigenvalue weighted by atomic mass is 32.2. The third-order valence-corrected chi connectivity index (χ3v) is 4.49. The molecular formula is C15H10N4O2S. The summed E-state index contributed by atoms with van der Waals surface area (Å²) < 4.78 is 15.7. The van der Waals surface area contributed by atoms with Gasteiger partial charge in [0.05, 0.1) is 11.7 Å². The van der Waals surface area contributed by atoms with E-state index in [0.717, 1.165) is 22.0 Å². The second kappa shape index (κ2) is 4.88. The van der Waals surface area contributed by atoms with E-state index in [1.165, 1.54) is 10.8 Å². The first kappa shape index (κ1) is 12.9. The van der Waals surface area contributed by atoms with Crippen LogP contribution in [0.1, 0.15) is 0 Å². The molecule has 3 aromatic rings. The van der Waals surface area contributed by atoms with E-state index in [2.05, 4.69) is 14.8 Å². The van der Waals surface area contributed by atoms with Crippen molar-refractivity contribution in [2.24, 2.45) is 0 Å². The third-order valence-electron chi connectivity index (χ3n) is 3.43. The molecule has 3 heterocycles. The van der Waals surface area contributed by atoms with Crippen LogP contribution in [0.15, 0.2) is 55.0 Å². The van der Waals surface area contributed by atoms with Crippen molar-refractivity contribution < 1.29 is 9.00 Å². The Morgan fingerprint density at radius 2 is 1.91 bits per heavy atom. The Bertz CT molecular complexity index is 947. The van der Waals surface area contributed by atoms with E-state index in [-0.39, 0.29) is 5.91 Å². The molecule has 0 spiro atoms. The molecule has 108 valence electrons. The van der Waals surface area contributed by atoms with Gasteiger partial charge in [-0.2, -0.15) is 5.10 Å². The Morgan fingerprint density at radius 3 is 2.64 bits per heavy atom. The largest absolute Gasteiger partial charge is 0.269 e. The normalized spacial score (nSPS) is 17.5. The summed E-state index contributed by atoms with van der Waals surface area (Å²) in [5.74, 6) is -0.370. The fourth-order valence-corrected chi connectivity index (χ4v) is 3.27. The van der Waals surface area contributed by atoms with Crippen LogP contribution in [0.2, 0.25) is 0 Å². The van der Waals surface area contributed by atoms with Gasteiger partial charge in [-0.25, -0.2) is 8.89 Å². The second-order valence-electron chi connectivity index (χ2n) is 4.78. The quantitative estimate of drug-likeness (QED) is 0.781. The van der Waals surface area contributed by atoms with E-state index in [9.17, 15) is 9.00 Å². The molecule has 7 heteroatoms. The van der Waals surface area contributed by atoms with Gasteiger partial charge in [-0.3, -0.25) is 14.5 Å². The molecule has 4 rings (SSSR count). The standard InChI is InChI=1S/C15H10N4O2S/c20-14-8-15(22(21)18-14)19-13-2-1-11(7-12(13)9-17-19)10-3-5-16-6-4-10/h1-9H,(H,18,20). The van der Waals surface area contributed by atoms with E-state index >= 15 is 0 Å². The minimum absolute atomic E-state index is 0.344. The van der Waals surface area contributed by atoms with Gasteiger partial charge in [-0.15, -0.1) is 0 Å². The monoisotopic (exact) mass is 310 g/mol. The maximum absolute atomic E-state index is 11.9. The highest BCUT2D eigenvalue weighted by molar-refractivity contribution is 7.93. The average molecular weight is 310 g/mol. The summed E-state index contributed by atoms with van der Waals surface area (Å²) in [5.41, 5.74) is 2.91. The van der Waals surface area contributed by atoms with Crippen molar-refractivity contribution in [1.29, 1.82) is 0 Å². The van der Waals surface area contributed by atoms with Crippen LogP contribution in [0, 0.1) is 0 Å². The number of amides is 1. The van der Waals surface area contributed by atoms with E-state index in [4.69, 9.17) is 0 Å². The van der Waals surface area contributed by atoms with Gasteiger partial charge in [0.15, 0.2) is 16.0 Å². The van der Waals surface area contributed by atoms with E-state index in [0.29, 0.717) is 5.03 Å². The predicted octanol–water partition coefficient (Wildman–Crippen LogP) is 1.69. The van der Waals surface area contributed by atoms with Crippen molar-refractivity contribution in [3.05, 3.63) is 55.0 Å². The maximum atomic E-state index is 11.9. The van der Waals surface area contributed by atoms with E-state index in [1.54, 1.807) is 18.6 Å². The first-order chi connectivity index (χ1) is 10.7. The molecule has 2 aromatic heterocycles. The molecule has 1 unspecified atom stereocenters. The maximum Gasteiger partial charge on any atom is 0.258 e. The summed E-state index contributed by atoms with van der Waals surface area (Å²) in [6.07, 6.45) is 6.49. The highest BCUT2D eigenvalue weighted by Gasteiger charge is 2.23. The van der Waals surface area contributed by atoms with Crippen LogP contribution in [0.5, 0.6) is 0 Å². The van der Waals surface area contributed by atoms with Crippen molar-refractivity contribution in [2.75, 3.05) is 0 Å². The van der Waals surface area contributed by atoms with Gasteiger partial charge in [0.1, 0.15) is 0 Å². The van der Waals surface area contributed by atoms with Gasteiger partial charge in [0.25, 0.3) is 5.91 Å². The number of nitrogens with one attached hydrogen (secondary N) is 1. The molecule has 0 saturated carbocycles. The number of aromatic nitrogens is 3. The molecule has 6 nitrogen and oxygen atoms in total. The molecular weight excluding hydrogens is 300 g/mol. The summed E-state index contributed by atoms with van der Waals surface area (Å²) in [6.45, 7) is 0. The Morgan fingerprint density at radius 1 is 1.09 bits per heavy atom. The topological polar surface area (TPSA) is 76.9 Å². The zero-order valence-electron chi connectivity index (χ0n) is 11.3. The number of benzene rings is 1. The van der Waals surface area contributed by atoms with E-state index in [1.807, 2.05) is 30.3 Å². The molecule has 1 aliphatic heterocycles. The summed E-state index contributed by atoms with van der Waals surface area (Å²) >= 11 is 0. The number of nitrogens with zero attached hydrogens (tertiary/aromatic N) is 3. The molecule has 1 N–H and O–H groups in total. The van der Waals surface area contributed by atoms with Gasteiger partial charge < -0.3 is 0 Å². The molecule has 0 bridgehead atoms. The molecule has 1 aliphatic rings. The van der Waals surface area contributed by atoms with Crippen LogP contribution < -0.4 is 4.72 Å². The minimum atomic E-state index is -1.56. The van der Waals surface area contributed by atoms with Crippen molar-refractivity contribution >= 4 is 32.8 Å². The van der Waals surface area contributed by atoms with Gasteiger partial charge in [-0.1, -0.05) is 6.07 Å². The number of hydrogen-bond donors (Lipinski definition) is 1. The first-order valence-corrected chi connectivity index (χ1v) is 7.70. The van der Waals surface area contributed by atoms with Crippen LogP contribution in [0.3, 0.4) is 0 Å². The van der Waals surface area contributed by atoms with Crippen LogP contribution in [0.4, 0.5) is 0 Å². The lowest BCUT2D eigenvalue weighted by atomic mass is 10.1. The Kier molecular flexibility index (Phi) is 2.87.